The first-order valence-corrected chi connectivity index (χ1v) is 6.94. The van der Waals surface area contributed by atoms with Gasteiger partial charge in [0, 0.05) is 17.0 Å². The van der Waals surface area contributed by atoms with Crippen LogP contribution in [-0.2, 0) is 0 Å². The third-order valence-corrected chi connectivity index (χ3v) is 3.39. The van der Waals surface area contributed by atoms with Crippen molar-refractivity contribution in [1.82, 2.24) is 4.90 Å². The Bertz CT molecular complexity index is 351. The molecule has 0 atom stereocenters. The molecule has 94 valence electrons. The van der Waals surface area contributed by atoms with Crippen molar-refractivity contribution < 1.29 is 9.90 Å². The van der Waals surface area contributed by atoms with Crippen LogP contribution in [0.4, 0.5) is 0 Å². The van der Waals surface area contributed by atoms with Crippen molar-refractivity contribution in [2.45, 2.75) is 11.8 Å². The van der Waals surface area contributed by atoms with E-state index in [9.17, 15) is 4.79 Å². The average Bonchev–Trinajstić information content (AvgIpc) is 2.38. The minimum absolute atomic E-state index is 0.0898. The predicted octanol–water partition coefficient (Wildman–Crippen LogP) is 1.91. The summed E-state index contributed by atoms with van der Waals surface area (Å²) in [5, 5.41) is 8.86. The van der Waals surface area contributed by atoms with Crippen molar-refractivity contribution in [2.24, 2.45) is 0 Å². The van der Waals surface area contributed by atoms with Crippen molar-refractivity contribution >= 4 is 17.5 Å². The van der Waals surface area contributed by atoms with E-state index in [4.69, 9.17) is 5.11 Å². The molecule has 1 aromatic rings. The van der Waals surface area contributed by atoms with Crippen molar-refractivity contribution in [3.8, 4) is 0 Å². The van der Waals surface area contributed by atoms with Crippen LogP contribution in [0.15, 0.2) is 29.2 Å². The van der Waals surface area contributed by atoms with E-state index in [1.807, 2.05) is 42.3 Å². The predicted molar refractivity (Wildman–Crippen MR) is 71.8 cm³/mol. The third-order valence-electron chi connectivity index (χ3n) is 2.64. The Kier molecular flexibility index (Phi) is 6.26. The van der Waals surface area contributed by atoms with Gasteiger partial charge in [0.05, 0.1) is 13.2 Å². The Morgan fingerprint density at radius 3 is 2.47 bits per heavy atom. The van der Waals surface area contributed by atoms with Crippen molar-refractivity contribution in [3.63, 3.8) is 0 Å². The lowest BCUT2D eigenvalue weighted by molar-refractivity contribution is 0.0919. The molecule has 1 rings (SSSR count). The standard InChI is InChI=1S/C13H19NO2S/c1-3-14(8-9-15)10-13(16)11-4-6-12(17-2)7-5-11/h4-7,15H,3,8-10H2,1-2H3. The summed E-state index contributed by atoms with van der Waals surface area (Å²) in [5.41, 5.74) is 0.735. The fourth-order valence-corrected chi connectivity index (χ4v) is 1.97. The van der Waals surface area contributed by atoms with Crippen LogP contribution in [0.2, 0.25) is 0 Å². The highest BCUT2D eigenvalue weighted by Gasteiger charge is 2.10. The van der Waals surface area contributed by atoms with Crippen LogP contribution in [0.3, 0.4) is 0 Å². The van der Waals surface area contributed by atoms with Gasteiger partial charge < -0.3 is 5.11 Å². The second kappa shape index (κ2) is 7.48. The number of thioether (sulfide) groups is 1. The van der Waals surface area contributed by atoms with Gasteiger partial charge in [-0.1, -0.05) is 19.1 Å². The van der Waals surface area contributed by atoms with E-state index in [2.05, 4.69) is 0 Å². The molecule has 0 spiro atoms. The van der Waals surface area contributed by atoms with Gasteiger partial charge in [-0.05, 0) is 24.9 Å². The van der Waals surface area contributed by atoms with Crippen LogP contribution in [0.25, 0.3) is 0 Å². The number of Topliss-reactive ketones (excluding diaryl/α,β-unsaturated/α-hetero) is 1. The van der Waals surface area contributed by atoms with Crippen LogP contribution in [0.5, 0.6) is 0 Å². The van der Waals surface area contributed by atoms with Gasteiger partial charge in [0.2, 0.25) is 0 Å². The second-order valence-corrected chi connectivity index (χ2v) is 4.62. The fourth-order valence-electron chi connectivity index (χ4n) is 1.56. The zero-order chi connectivity index (χ0) is 12.7. The van der Waals surface area contributed by atoms with Gasteiger partial charge in [-0.2, -0.15) is 0 Å². The van der Waals surface area contributed by atoms with Crippen molar-refractivity contribution in [2.75, 3.05) is 32.5 Å². The molecule has 0 amide bonds. The molecule has 0 saturated heterocycles. The summed E-state index contributed by atoms with van der Waals surface area (Å²) in [6.45, 7) is 3.77. The number of likely N-dealkylation sites (N-methyl/N-ethyl adjacent to an activating group) is 1. The molecule has 0 aliphatic heterocycles. The Morgan fingerprint density at radius 1 is 1.35 bits per heavy atom. The van der Waals surface area contributed by atoms with E-state index in [1.165, 1.54) is 0 Å². The molecule has 0 saturated carbocycles. The Labute approximate surface area is 107 Å². The molecule has 0 unspecified atom stereocenters. The van der Waals surface area contributed by atoms with Crippen LogP contribution in [0.1, 0.15) is 17.3 Å². The number of aliphatic hydroxyl groups is 1. The number of hydrogen-bond donors (Lipinski definition) is 1. The van der Waals surface area contributed by atoms with Gasteiger partial charge in [-0.3, -0.25) is 9.69 Å². The van der Waals surface area contributed by atoms with Crippen LogP contribution >= 0.6 is 11.8 Å². The first-order chi connectivity index (χ1) is 8.21. The fraction of sp³-hybridized carbons (Fsp3) is 0.462. The molecular formula is C13H19NO2S. The molecule has 0 aliphatic carbocycles. The summed E-state index contributed by atoms with van der Waals surface area (Å²) in [6.07, 6.45) is 2.01. The minimum atomic E-state index is 0.0898. The quantitative estimate of drug-likeness (QED) is 0.595. The van der Waals surface area contributed by atoms with E-state index in [1.54, 1.807) is 11.8 Å². The maximum atomic E-state index is 12.0. The third kappa shape index (κ3) is 4.50. The highest BCUT2D eigenvalue weighted by atomic mass is 32.2. The van der Waals surface area contributed by atoms with Gasteiger partial charge >= 0.3 is 0 Å². The first kappa shape index (κ1) is 14.2. The van der Waals surface area contributed by atoms with Crippen LogP contribution < -0.4 is 0 Å². The molecule has 1 aromatic carbocycles. The van der Waals surface area contributed by atoms with E-state index >= 15 is 0 Å². The maximum Gasteiger partial charge on any atom is 0.176 e. The number of aliphatic hydroxyl groups excluding tert-OH is 1. The van der Waals surface area contributed by atoms with E-state index in [0.29, 0.717) is 13.1 Å². The zero-order valence-electron chi connectivity index (χ0n) is 10.3. The van der Waals surface area contributed by atoms with Crippen LogP contribution in [-0.4, -0.2) is 48.3 Å². The van der Waals surface area contributed by atoms with E-state index in [-0.39, 0.29) is 12.4 Å². The number of nitrogens with zero attached hydrogens (tertiary/aromatic N) is 1. The summed E-state index contributed by atoms with van der Waals surface area (Å²) in [4.78, 5) is 15.1. The zero-order valence-corrected chi connectivity index (χ0v) is 11.2. The molecule has 1 N–H and O–H groups in total. The average molecular weight is 253 g/mol. The Hall–Kier alpha value is -0.840. The van der Waals surface area contributed by atoms with Crippen LogP contribution in [0, 0.1) is 0 Å². The first-order valence-electron chi connectivity index (χ1n) is 5.71. The van der Waals surface area contributed by atoms with Gasteiger partial charge in [0.25, 0.3) is 0 Å². The normalized spacial score (nSPS) is 10.8. The minimum Gasteiger partial charge on any atom is -0.395 e. The number of hydrogen-bond acceptors (Lipinski definition) is 4. The number of carbonyl (C=O) groups is 1. The second-order valence-electron chi connectivity index (χ2n) is 3.74. The lowest BCUT2D eigenvalue weighted by Crippen LogP contribution is -2.32. The molecule has 17 heavy (non-hydrogen) atoms. The largest absolute Gasteiger partial charge is 0.395 e. The monoisotopic (exact) mass is 253 g/mol. The summed E-state index contributed by atoms with van der Waals surface area (Å²) in [6, 6.07) is 7.64. The molecule has 3 nitrogen and oxygen atoms in total. The summed E-state index contributed by atoms with van der Waals surface area (Å²) >= 11 is 1.66. The molecule has 0 bridgehead atoms. The lowest BCUT2D eigenvalue weighted by atomic mass is 10.1. The Morgan fingerprint density at radius 2 is 2.00 bits per heavy atom. The smallest absolute Gasteiger partial charge is 0.176 e. The summed E-state index contributed by atoms with van der Waals surface area (Å²) in [5.74, 6) is 0.105. The van der Waals surface area contributed by atoms with E-state index in [0.717, 1.165) is 17.0 Å². The number of benzene rings is 1. The highest BCUT2D eigenvalue weighted by Crippen LogP contribution is 2.15. The molecule has 4 heteroatoms. The van der Waals surface area contributed by atoms with Gasteiger partial charge in [0.1, 0.15) is 0 Å². The summed E-state index contributed by atoms with van der Waals surface area (Å²) < 4.78 is 0. The molecule has 0 fully saturated rings. The molecule has 0 heterocycles. The maximum absolute atomic E-state index is 12.0. The highest BCUT2D eigenvalue weighted by molar-refractivity contribution is 7.98. The number of carbonyl (C=O) groups excluding carboxylic acids is 1. The SMILES string of the molecule is CCN(CCO)CC(=O)c1ccc(SC)cc1. The number of rotatable bonds is 7. The van der Waals surface area contributed by atoms with Gasteiger partial charge in [0.15, 0.2) is 5.78 Å². The van der Waals surface area contributed by atoms with Crippen molar-refractivity contribution in [1.29, 1.82) is 0 Å². The van der Waals surface area contributed by atoms with Crippen molar-refractivity contribution in [3.05, 3.63) is 29.8 Å². The lowest BCUT2D eigenvalue weighted by Gasteiger charge is -2.17. The summed E-state index contributed by atoms with van der Waals surface area (Å²) in [7, 11) is 0. The van der Waals surface area contributed by atoms with E-state index < -0.39 is 0 Å². The Balaban J connectivity index is 2.62. The molecule has 0 aliphatic rings. The molecular weight excluding hydrogens is 234 g/mol. The number of ketones is 1. The van der Waals surface area contributed by atoms with Gasteiger partial charge in [-0.15, -0.1) is 11.8 Å². The van der Waals surface area contributed by atoms with Gasteiger partial charge in [-0.25, -0.2) is 0 Å². The topological polar surface area (TPSA) is 40.5 Å². The molecule has 0 aromatic heterocycles. The molecule has 0 radical (unpaired) electrons.